The Morgan fingerprint density at radius 1 is 1.00 bits per heavy atom. The summed E-state index contributed by atoms with van der Waals surface area (Å²) < 4.78 is 3.99. The van der Waals surface area contributed by atoms with Crippen LogP contribution in [-0.2, 0) is 26.7 Å². The van der Waals surface area contributed by atoms with Crippen LogP contribution in [0.15, 0.2) is 72.2 Å². The summed E-state index contributed by atoms with van der Waals surface area (Å²) in [6.07, 6.45) is 5.62. The van der Waals surface area contributed by atoms with E-state index in [0.717, 1.165) is 23.9 Å². The fourth-order valence-corrected chi connectivity index (χ4v) is 3.98. The van der Waals surface area contributed by atoms with E-state index in [1.54, 1.807) is 13.2 Å². The average Bonchev–Trinajstić information content (AvgIpc) is 3.42. The minimum Gasteiger partial charge on any atom is -0.352 e. The van der Waals surface area contributed by atoms with Gasteiger partial charge in [-0.1, -0.05) is 48.5 Å². The van der Waals surface area contributed by atoms with E-state index in [4.69, 9.17) is 0 Å². The van der Waals surface area contributed by atoms with Gasteiger partial charge in [-0.05, 0) is 36.1 Å². The monoisotopic (exact) mass is 441 g/mol. The van der Waals surface area contributed by atoms with E-state index >= 15 is 0 Å². The second-order valence-corrected chi connectivity index (χ2v) is 8.14. The van der Waals surface area contributed by atoms with Gasteiger partial charge in [0.05, 0.1) is 12.0 Å². The third-order valence-corrected chi connectivity index (χ3v) is 5.97. The summed E-state index contributed by atoms with van der Waals surface area (Å²) in [5.74, 6) is 0.767. The van der Waals surface area contributed by atoms with E-state index in [0.29, 0.717) is 13.1 Å². The van der Waals surface area contributed by atoms with Gasteiger partial charge in [-0.15, -0.1) is 0 Å². The van der Waals surface area contributed by atoms with Gasteiger partial charge in [0.25, 0.3) is 0 Å². The average molecular weight is 442 g/mol. The highest BCUT2D eigenvalue weighted by atomic mass is 15.3. The molecule has 0 saturated heterocycles. The van der Waals surface area contributed by atoms with E-state index in [1.165, 1.54) is 27.8 Å². The Labute approximate surface area is 195 Å². The van der Waals surface area contributed by atoms with Crippen molar-refractivity contribution in [3.05, 3.63) is 95.3 Å². The maximum absolute atomic E-state index is 4.49. The third kappa shape index (κ3) is 5.31. The Kier molecular flexibility index (Phi) is 6.88. The lowest BCUT2D eigenvalue weighted by molar-refractivity contribution is 0.728. The first-order valence-corrected chi connectivity index (χ1v) is 11.1. The normalized spacial score (nSPS) is 11.6. The summed E-state index contributed by atoms with van der Waals surface area (Å²) in [7, 11) is 3.77. The number of nitrogens with zero attached hydrogens (tertiary/aromatic N) is 5. The quantitative estimate of drug-likeness (QED) is 0.338. The topological polar surface area (TPSA) is 72.1 Å². The highest BCUT2D eigenvalue weighted by Gasteiger charge is 2.10. The maximum atomic E-state index is 4.49. The van der Waals surface area contributed by atoms with E-state index in [-0.39, 0.29) is 0 Å². The molecule has 0 radical (unpaired) electrons. The van der Waals surface area contributed by atoms with Crippen molar-refractivity contribution >= 4 is 5.96 Å². The van der Waals surface area contributed by atoms with Crippen molar-refractivity contribution in [3.8, 4) is 11.1 Å². The molecule has 0 spiro atoms. The summed E-state index contributed by atoms with van der Waals surface area (Å²) in [5, 5.41) is 11.4. The van der Waals surface area contributed by atoms with Crippen molar-refractivity contribution in [1.29, 1.82) is 0 Å². The Bertz CT molecular complexity index is 1220. The number of nitrogens with one attached hydrogen (secondary N) is 2. The van der Waals surface area contributed by atoms with Gasteiger partial charge in [-0.2, -0.15) is 5.10 Å². The van der Waals surface area contributed by atoms with Crippen LogP contribution in [-0.4, -0.2) is 32.3 Å². The number of benzene rings is 2. The van der Waals surface area contributed by atoms with Crippen molar-refractivity contribution in [2.45, 2.75) is 33.5 Å². The zero-order chi connectivity index (χ0) is 23.2. The molecule has 33 heavy (non-hydrogen) atoms. The summed E-state index contributed by atoms with van der Waals surface area (Å²) in [5.41, 5.74) is 8.29. The first kappa shape index (κ1) is 22.3. The van der Waals surface area contributed by atoms with Crippen LogP contribution in [0.2, 0.25) is 0 Å². The number of aliphatic imine (C=N–C) groups is 1. The van der Waals surface area contributed by atoms with Gasteiger partial charge < -0.3 is 15.2 Å². The molecule has 0 atom stereocenters. The molecule has 7 heteroatoms. The molecule has 0 aliphatic carbocycles. The largest absolute Gasteiger partial charge is 0.352 e. The molecule has 2 heterocycles. The van der Waals surface area contributed by atoms with Crippen LogP contribution in [0.3, 0.4) is 0 Å². The van der Waals surface area contributed by atoms with Gasteiger partial charge in [0.2, 0.25) is 0 Å². The summed E-state index contributed by atoms with van der Waals surface area (Å²) in [6.45, 7) is 6.31. The molecule has 170 valence electrons. The van der Waals surface area contributed by atoms with Crippen LogP contribution in [0.25, 0.3) is 11.1 Å². The van der Waals surface area contributed by atoms with Crippen LogP contribution in [0.1, 0.15) is 28.1 Å². The minimum absolute atomic E-state index is 0.678. The van der Waals surface area contributed by atoms with Crippen LogP contribution < -0.4 is 10.6 Å². The van der Waals surface area contributed by atoms with Crippen LogP contribution >= 0.6 is 0 Å². The Balaban J connectivity index is 1.41. The lowest BCUT2D eigenvalue weighted by Gasteiger charge is -2.15. The van der Waals surface area contributed by atoms with Gasteiger partial charge in [0, 0.05) is 57.4 Å². The SMILES string of the molecule is CN=C(NCc1ccccc1-c1ccc(Cn2ccnc2)cc1)NCc1c(C)nn(C)c1C. The fraction of sp³-hybridized carbons (Fsp3) is 0.269. The lowest BCUT2D eigenvalue weighted by Crippen LogP contribution is -2.36. The second-order valence-electron chi connectivity index (χ2n) is 8.14. The molecule has 7 nitrogen and oxygen atoms in total. The molecule has 4 rings (SSSR count). The summed E-state index contributed by atoms with van der Waals surface area (Å²) in [4.78, 5) is 8.51. The minimum atomic E-state index is 0.678. The molecule has 0 bridgehead atoms. The number of guanidine groups is 1. The molecule has 0 unspecified atom stereocenters. The van der Waals surface area contributed by atoms with E-state index < -0.39 is 0 Å². The zero-order valence-corrected chi connectivity index (χ0v) is 19.7. The fourth-order valence-electron chi connectivity index (χ4n) is 3.98. The number of hydrogen-bond donors (Lipinski definition) is 2. The van der Waals surface area contributed by atoms with Gasteiger partial charge in [0.15, 0.2) is 5.96 Å². The Hall–Kier alpha value is -3.87. The van der Waals surface area contributed by atoms with Gasteiger partial charge >= 0.3 is 0 Å². The molecule has 2 N–H and O–H groups in total. The molecule has 0 fully saturated rings. The van der Waals surface area contributed by atoms with Gasteiger partial charge in [-0.25, -0.2) is 4.98 Å². The Morgan fingerprint density at radius 2 is 1.76 bits per heavy atom. The van der Waals surface area contributed by atoms with Crippen LogP contribution in [0, 0.1) is 13.8 Å². The molecular formula is C26H31N7. The predicted octanol–water partition coefficient (Wildman–Crippen LogP) is 3.81. The number of imidazole rings is 1. The zero-order valence-electron chi connectivity index (χ0n) is 19.7. The summed E-state index contributed by atoms with van der Waals surface area (Å²) >= 11 is 0. The van der Waals surface area contributed by atoms with Gasteiger partial charge in [-0.3, -0.25) is 9.67 Å². The molecule has 2 aromatic carbocycles. The molecule has 4 aromatic rings. The van der Waals surface area contributed by atoms with Crippen molar-refractivity contribution in [2.24, 2.45) is 12.0 Å². The van der Waals surface area contributed by atoms with Gasteiger partial charge in [0.1, 0.15) is 0 Å². The van der Waals surface area contributed by atoms with E-state index in [9.17, 15) is 0 Å². The molecule has 2 aromatic heterocycles. The number of rotatable bonds is 7. The van der Waals surface area contributed by atoms with Crippen molar-refractivity contribution in [1.82, 2.24) is 30.0 Å². The number of aromatic nitrogens is 4. The third-order valence-electron chi connectivity index (χ3n) is 5.97. The smallest absolute Gasteiger partial charge is 0.191 e. The lowest BCUT2D eigenvalue weighted by atomic mass is 9.98. The highest BCUT2D eigenvalue weighted by Crippen LogP contribution is 2.24. The first-order valence-electron chi connectivity index (χ1n) is 11.1. The van der Waals surface area contributed by atoms with Crippen LogP contribution in [0.5, 0.6) is 0 Å². The maximum Gasteiger partial charge on any atom is 0.191 e. The molecule has 0 aliphatic rings. The standard InChI is InChI=1S/C26H31N7/c1-19-25(20(2)32(4)31-19)16-30-26(27-3)29-15-23-7-5-6-8-24(23)22-11-9-21(10-12-22)17-33-14-13-28-18-33/h5-14,18H,15-17H2,1-4H3,(H2,27,29,30). The second kappa shape index (κ2) is 10.2. The number of hydrogen-bond acceptors (Lipinski definition) is 3. The van der Waals surface area contributed by atoms with Crippen molar-refractivity contribution < 1.29 is 0 Å². The first-order chi connectivity index (χ1) is 16.0. The molecule has 0 aliphatic heterocycles. The molecular weight excluding hydrogens is 410 g/mol. The van der Waals surface area contributed by atoms with E-state index in [1.807, 2.05) is 31.2 Å². The van der Waals surface area contributed by atoms with Crippen molar-refractivity contribution in [2.75, 3.05) is 7.05 Å². The highest BCUT2D eigenvalue weighted by molar-refractivity contribution is 5.80. The number of aryl methyl sites for hydroxylation is 2. The molecule has 0 amide bonds. The Morgan fingerprint density at radius 3 is 2.42 bits per heavy atom. The molecule has 0 saturated carbocycles. The predicted molar refractivity (Wildman–Crippen MR) is 133 cm³/mol. The van der Waals surface area contributed by atoms with E-state index in [2.05, 4.69) is 85.7 Å². The summed E-state index contributed by atoms with van der Waals surface area (Å²) in [6, 6.07) is 17.2. The van der Waals surface area contributed by atoms with Crippen LogP contribution in [0.4, 0.5) is 0 Å². The van der Waals surface area contributed by atoms with Crippen molar-refractivity contribution in [3.63, 3.8) is 0 Å².